The van der Waals surface area contributed by atoms with Crippen LogP contribution in [0.1, 0.15) is 24.0 Å². The molecule has 0 radical (unpaired) electrons. The normalized spacial score (nSPS) is 12.3. The minimum absolute atomic E-state index is 0. The smallest absolute Gasteiger partial charge is 0.191 e. The molecule has 0 saturated heterocycles. The van der Waals surface area contributed by atoms with Gasteiger partial charge in [0.05, 0.1) is 0 Å². The van der Waals surface area contributed by atoms with Gasteiger partial charge in [0.1, 0.15) is 0 Å². The molecule has 138 valence electrons. The zero-order chi connectivity index (χ0) is 17.5. The third-order valence-electron chi connectivity index (χ3n) is 3.92. The van der Waals surface area contributed by atoms with Gasteiger partial charge < -0.3 is 10.6 Å². The zero-order valence-electron chi connectivity index (χ0n) is 14.8. The molecule has 3 rings (SSSR count). The second kappa shape index (κ2) is 10.3. The van der Waals surface area contributed by atoms with Gasteiger partial charge in [0.15, 0.2) is 11.8 Å². The Hall–Kier alpha value is -1.94. The van der Waals surface area contributed by atoms with Crippen molar-refractivity contribution in [1.82, 2.24) is 25.4 Å². The monoisotopic (exact) mass is 482 g/mol. The Bertz CT molecular complexity index is 801. The summed E-state index contributed by atoms with van der Waals surface area (Å²) in [5.41, 5.74) is 2.47. The fourth-order valence-corrected chi connectivity index (χ4v) is 3.21. The number of nitrogens with one attached hydrogen (secondary N) is 2. The Kier molecular flexibility index (Phi) is 8.05. The number of rotatable bonds is 6. The van der Waals surface area contributed by atoms with Crippen molar-refractivity contribution in [3.05, 3.63) is 64.7 Å². The number of hydrogen-bond acceptors (Lipinski definition) is 4. The Balaban J connectivity index is 0.00000243. The van der Waals surface area contributed by atoms with E-state index in [1.807, 2.05) is 24.4 Å². The van der Waals surface area contributed by atoms with Gasteiger partial charge in [-0.25, -0.2) is 9.67 Å². The molecule has 3 aromatic heterocycles. The van der Waals surface area contributed by atoms with E-state index in [9.17, 15) is 0 Å². The lowest BCUT2D eigenvalue weighted by Gasteiger charge is -2.15. The number of pyridine rings is 1. The molecule has 0 saturated carbocycles. The molecule has 26 heavy (non-hydrogen) atoms. The first-order valence-corrected chi connectivity index (χ1v) is 9.12. The highest BCUT2D eigenvalue weighted by Gasteiger charge is 2.07. The van der Waals surface area contributed by atoms with Crippen molar-refractivity contribution in [2.45, 2.75) is 19.4 Å². The summed E-state index contributed by atoms with van der Waals surface area (Å²) in [4.78, 5) is 8.64. The van der Waals surface area contributed by atoms with E-state index >= 15 is 0 Å². The molecule has 6 nitrogen and oxygen atoms in total. The standard InChI is InChI=1S/C18H22N6S.HI/c1-14(16-5-9-25-13-16)11-21-18(19-2)22-12-15-4-7-20-17(10-15)24-8-3-6-23-24;/h3-10,13-14H,11-12H2,1-2H3,(H2,19,21,22);1H. The largest absolute Gasteiger partial charge is 0.356 e. The third-order valence-corrected chi connectivity index (χ3v) is 4.62. The first-order chi connectivity index (χ1) is 12.3. The molecule has 0 aliphatic carbocycles. The summed E-state index contributed by atoms with van der Waals surface area (Å²) in [6.45, 7) is 3.72. The highest BCUT2D eigenvalue weighted by atomic mass is 127. The van der Waals surface area contributed by atoms with E-state index < -0.39 is 0 Å². The van der Waals surface area contributed by atoms with E-state index in [-0.39, 0.29) is 24.0 Å². The van der Waals surface area contributed by atoms with Gasteiger partial charge in [0, 0.05) is 38.7 Å². The lowest BCUT2D eigenvalue weighted by Crippen LogP contribution is -2.38. The predicted molar refractivity (Wildman–Crippen MR) is 118 cm³/mol. The molecule has 1 atom stereocenters. The molecule has 0 bridgehead atoms. The van der Waals surface area contributed by atoms with Gasteiger partial charge in [0.2, 0.25) is 0 Å². The van der Waals surface area contributed by atoms with Gasteiger partial charge in [0.25, 0.3) is 0 Å². The summed E-state index contributed by atoms with van der Waals surface area (Å²) in [6, 6.07) is 8.05. The molecule has 0 spiro atoms. The Morgan fingerprint density at radius 1 is 1.31 bits per heavy atom. The van der Waals surface area contributed by atoms with E-state index in [2.05, 4.69) is 49.5 Å². The van der Waals surface area contributed by atoms with Gasteiger partial charge in [-0.15, -0.1) is 24.0 Å². The maximum atomic E-state index is 4.34. The minimum Gasteiger partial charge on any atom is -0.356 e. The summed E-state index contributed by atoms with van der Waals surface area (Å²) in [7, 11) is 1.78. The molecule has 1 unspecified atom stereocenters. The molecule has 0 aromatic carbocycles. The van der Waals surface area contributed by atoms with Crippen LogP contribution in [0.4, 0.5) is 0 Å². The fourth-order valence-electron chi connectivity index (χ4n) is 2.43. The topological polar surface area (TPSA) is 67.1 Å². The highest BCUT2D eigenvalue weighted by molar-refractivity contribution is 14.0. The van der Waals surface area contributed by atoms with Crippen LogP contribution in [0.3, 0.4) is 0 Å². The predicted octanol–water partition coefficient (Wildman–Crippen LogP) is 3.42. The first-order valence-electron chi connectivity index (χ1n) is 8.18. The fraction of sp³-hybridized carbons (Fsp3) is 0.278. The van der Waals surface area contributed by atoms with E-state index in [1.165, 1.54) is 5.56 Å². The van der Waals surface area contributed by atoms with Crippen LogP contribution in [0.2, 0.25) is 0 Å². The number of hydrogen-bond donors (Lipinski definition) is 2. The van der Waals surface area contributed by atoms with Gasteiger partial charge >= 0.3 is 0 Å². The molecule has 0 amide bonds. The van der Waals surface area contributed by atoms with Crippen LogP contribution in [-0.4, -0.2) is 34.3 Å². The molecule has 0 aliphatic heterocycles. The van der Waals surface area contributed by atoms with Crippen LogP contribution < -0.4 is 10.6 Å². The summed E-state index contributed by atoms with van der Waals surface area (Å²) < 4.78 is 1.75. The Morgan fingerprint density at radius 2 is 2.19 bits per heavy atom. The van der Waals surface area contributed by atoms with Gasteiger partial charge in [-0.3, -0.25) is 4.99 Å². The summed E-state index contributed by atoms with van der Waals surface area (Å²) in [5.74, 6) is 2.04. The van der Waals surface area contributed by atoms with Gasteiger partial charge in [-0.2, -0.15) is 16.4 Å². The van der Waals surface area contributed by atoms with Crippen molar-refractivity contribution in [3.63, 3.8) is 0 Å². The van der Waals surface area contributed by atoms with Gasteiger partial charge in [-0.1, -0.05) is 6.92 Å². The van der Waals surface area contributed by atoms with E-state index in [1.54, 1.807) is 35.5 Å². The van der Waals surface area contributed by atoms with Crippen molar-refractivity contribution in [2.24, 2.45) is 4.99 Å². The number of guanidine groups is 1. The van der Waals surface area contributed by atoms with Crippen LogP contribution in [-0.2, 0) is 6.54 Å². The Labute approximate surface area is 174 Å². The number of halogens is 1. The van der Waals surface area contributed by atoms with E-state index in [0.29, 0.717) is 12.5 Å². The zero-order valence-corrected chi connectivity index (χ0v) is 17.9. The molecule has 2 N–H and O–H groups in total. The molecule has 0 aliphatic rings. The third kappa shape index (κ3) is 5.53. The van der Waals surface area contributed by atoms with Crippen molar-refractivity contribution >= 4 is 41.3 Å². The average molecular weight is 482 g/mol. The van der Waals surface area contributed by atoms with Crippen molar-refractivity contribution < 1.29 is 0 Å². The lowest BCUT2D eigenvalue weighted by atomic mass is 10.1. The summed E-state index contributed by atoms with van der Waals surface area (Å²) >= 11 is 1.73. The molecule has 8 heteroatoms. The summed E-state index contributed by atoms with van der Waals surface area (Å²) in [5, 5.41) is 15.2. The van der Waals surface area contributed by atoms with Crippen LogP contribution in [0.15, 0.2) is 58.6 Å². The SMILES string of the molecule is CN=C(NCc1ccnc(-n2cccn2)c1)NCC(C)c1ccsc1.I. The minimum atomic E-state index is 0. The molecular weight excluding hydrogens is 459 g/mol. The quantitative estimate of drug-likeness (QED) is 0.321. The molecule has 0 fully saturated rings. The van der Waals surface area contributed by atoms with Crippen LogP contribution in [0.5, 0.6) is 0 Å². The van der Waals surface area contributed by atoms with Crippen LogP contribution >= 0.6 is 35.3 Å². The second-order valence-electron chi connectivity index (χ2n) is 5.74. The maximum absolute atomic E-state index is 4.34. The van der Waals surface area contributed by atoms with Crippen LogP contribution in [0.25, 0.3) is 5.82 Å². The summed E-state index contributed by atoms with van der Waals surface area (Å²) in [6.07, 6.45) is 5.42. The van der Waals surface area contributed by atoms with Crippen molar-refractivity contribution in [2.75, 3.05) is 13.6 Å². The van der Waals surface area contributed by atoms with Crippen LogP contribution in [0, 0.1) is 0 Å². The molecule has 3 heterocycles. The average Bonchev–Trinajstić information content (AvgIpc) is 3.35. The number of aromatic nitrogens is 3. The van der Waals surface area contributed by atoms with E-state index in [4.69, 9.17) is 0 Å². The maximum Gasteiger partial charge on any atom is 0.191 e. The number of aliphatic imine (C=N–C) groups is 1. The first kappa shape index (κ1) is 20.4. The number of nitrogens with zero attached hydrogens (tertiary/aromatic N) is 4. The van der Waals surface area contributed by atoms with Gasteiger partial charge in [-0.05, 0) is 52.1 Å². The highest BCUT2D eigenvalue weighted by Crippen LogP contribution is 2.17. The number of thiophene rings is 1. The lowest BCUT2D eigenvalue weighted by molar-refractivity contribution is 0.700. The second-order valence-corrected chi connectivity index (χ2v) is 6.52. The molecule has 3 aromatic rings. The Morgan fingerprint density at radius 3 is 2.88 bits per heavy atom. The van der Waals surface area contributed by atoms with E-state index in [0.717, 1.165) is 23.9 Å². The van der Waals surface area contributed by atoms with Crippen molar-refractivity contribution in [3.8, 4) is 5.82 Å². The van der Waals surface area contributed by atoms with Crippen molar-refractivity contribution in [1.29, 1.82) is 0 Å². The molecular formula is C18H23IN6S.